The third-order valence-electron chi connectivity index (χ3n) is 2.58. The lowest BCUT2D eigenvalue weighted by molar-refractivity contribution is 0.273. The lowest BCUT2D eigenvalue weighted by Gasteiger charge is -2.20. The van der Waals surface area contributed by atoms with E-state index < -0.39 is 0 Å². The van der Waals surface area contributed by atoms with Crippen molar-refractivity contribution in [2.24, 2.45) is 0 Å². The highest BCUT2D eigenvalue weighted by Gasteiger charge is 2.05. The first-order chi connectivity index (χ1) is 8.00. The lowest BCUT2D eigenvalue weighted by Crippen LogP contribution is -2.28. The fourth-order valence-electron chi connectivity index (χ4n) is 1.26. The van der Waals surface area contributed by atoms with E-state index in [0.717, 1.165) is 19.5 Å². The Morgan fingerprint density at radius 1 is 1.41 bits per heavy atom. The van der Waals surface area contributed by atoms with Crippen LogP contribution in [0.3, 0.4) is 0 Å². The summed E-state index contributed by atoms with van der Waals surface area (Å²) in [5.41, 5.74) is 0. The van der Waals surface area contributed by atoms with Crippen LogP contribution in [0.25, 0.3) is 0 Å². The van der Waals surface area contributed by atoms with Gasteiger partial charge in [0.05, 0.1) is 6.20 Å². The number of nitrogens with zero attached hydrogens (tertiary/aromatic N) is 3. The van der Waals surface area contributed by atoms with E-state index in [2.05, 4.69) is 41.1 Å². The van der Waals surface area contributed by atoms with E-state index >= 15 is 0 Å². The van der Waals surface area contributed by atoms with Crippen LogP contribution in [-0.2, 0) is 0 Å². The van der Waals surface area contributed by atoms with Gasteiger partial charge in [0.1, 0.15) is 10.8 Å². The van der Waals surface area contributed by atoms with Crippen LogP contribution in [-0.4, -0.2) is 41.0 Å². The quantitative estimate of drug-likeness (QED) is 0.641. The zero-order valence-corrected chi connectivity index (χ0v) is 11.9. The second kappa shape index (κ2) is 6.99. The molecule has 0 bridgehead atoms. The molecule has 1 heterocycles. The molecule has 0 spiro atoms. The van der Waals surface area contributed by atoms with Gasteiger partial charge in [-0.25, -0.2) is 4.98 Å². The summed E-state index contributed by atoms with van der Waals surface area (Å²) in [6.07, 6.45) is 2.52. The molecule has 0 aliphatic rings. The van der Waals surface area contributed by atoms with Crippen LogP contribution >= 0.6 is 23.2 Å². The molecule has 0 atom stereocenters. The highest BCUT2D eigenvalue weighted by Crippen LogP contribution is 2.19. The Balaban J connectivity index is 2.33. The number of rotatable bonds is 6. The molecule has 6 heteroatoms. The summed E-state index contributed by atoms with van der Waals surface area (Å²) in [6.45, 7) is 6.19. The average Bonchev–Trinajstić information content (AvgIpc) is 2.28. The first-order valence-electron chi connectivity index (χ1n) is 5.63. The van der Waals surface area contributed by atoms with Crippen molar-refractivity contribution in [1.82, 2.24) is 14.9 Å². The number of anilines is 1. The summed E-state index contributed by atoms with van der Waals surface area (Å²) >= 11 is 11.6. The Morgan fingerprint density at radius 3 is 2.76 bits per heavy atom. The van der Waals surface area contributed by atoms with Crippen molar-refractivity contribution < 1.29 is 0 Å². The molecule has 1 aromatic rings. The van der Waals surface area contributed by atoms with E-state index in [1.807, 2.05) is 0 Å². The van der Waals surface area contributed by atoms with Crippen LogP contribution in [0.4, 0.5) is 5.82 Å². The minimum absolute atomic E-state index is 0.205. The van der Waals surface area contributed by atoms with E-state index in [1.54, 1.807) is 0 Å². The fraction of sp³-hybridized carbons (Fsp3) is 0.636. The third-order valence-corrected chi connectivity index (χ3v) is 3.03. The summed E-state index contributed by atoms with van der Waals surface area (Å²) < 4.78 is 0. The zero-order valence-electron chi connectivity index (χ0n) is 10.4. The molecule has 17 heavy (non-hydrogen) atoms. The first kappa shape index (κ1) is 14.5. The van der Waals surface area contributed by atoms with Crippen LogP contribution in [0.2, 0.25) is 10.3 Å². The van der Waals surface area contributed by atoms with E-state index in [1.165, 1.54) is 6.20 Å². The maximum absolute atomic E-state index is 5.93. The molecule has 1 rings (SSSR count). The predicted octanol–water partition coefficient (Wildman–Crippen LogP) is 2.93. The molecule has 0 amide bonds. The van der Waals surface area contributed by atoms with Crippen molar-refractivity contribution >= 4 is 29.0 Å². The Kier molecular flexibility index (Phi) is 5.95. The van der Waals surface area contributed by atoms with E-state index in [9.17, 15) is 0 Å². The van der Waals surface area contributed by atoms with Gasteiger partial charge in [0.2, 0.25) is 5.28 Å². The van der Waals surface area contributed by atoms with Gasteiger partial charge in [-0.05, 0) is 45.5 Å². The van der Waals surface area contributed by atoms with Crippen molar-refractivity contribution in [2.45, 2.75) is 26.3 Å². The van der Waals surface area contributed by atoms with Gasteiger partial charge < -0.3 is 10.2 Å². The van der Waals surface area contributed by atoms with Crippen molar-refractivity contribution in [3.63, 3.8) is 0 Å². The van der Waals surface area contributed by atoms with Gasteiger partial charge in [0.25, 0.3) is 0 Å². The molecule has 0 fully saturated rings. The molecule has 0 aliphatic carbocycles. The summed E-state index contributed by atoms with van der Waals surface area (Å²) in [5.74, 6) is 0.596. The van der Waals surface area contributed by atoms with Crippen LogP contribution < -0.4 is 5.32 Å². The van der Waals surface area contributed by atoms with Crippen LogP contribution in [0.5, 0.6) is 0 Å². The summed E-state index contributed by atoms with van der Waals surface area (Å²) in [4.78, 5) is 10.1. The van der Waals surface area contributed by atoms with Gasteiger partial charge in [-0.15, -0.1) is 0 Å². The molecule has 1 N–H and O–H groups in total. The summed E-state index contributed by atoms with van der Waals surface area (Å²) in [6, 6.07) is 0.562. The predicted molar refractivity (Wildman–Crippen MR) is 72.9 cm³/mol. The molecule has 0 aliphatic heterocycles. The topological polar surface area (TPSA) is 41.0 Å². The van der Waals surface area contributed by atoms with Crippen LogP contribution in [0, 0.1) is 0 Å². The van der Waals surface area contributed by atoms with Gasteiger partial charge in [0, 0.05) is 12.6 Å². The Labute approximate surface area is 112 Å². The largest absolute Gasteiger partial charge is 0.369 e. The van der Waals surface area contributed by atoms with Gasteiger partial charge in [-0.3, -0.25) is 0 Å². The van der Waals surface area contributed by atoms with Crippen LogP contribution in [0.15, 0.2) is 6.20 Å². The molecule has 96 valence electrons. The van der Waals surface area contributed by atoms with E-state index in [4.69, 9.17) is 23.2 Å². The average molecular weight is 277 g/mol. The minimum atomic E-state index is 0.205. The second-order valence-electron chi connectivity index (χ2n) is 4.19. The highest BCUT2D eigenvalue weighted by atomic mass is 35.5. The normalized spacial score (nSPS) is 11.2. The van der Waals surface area contributed by atoms with Crippen molar-refractivity contribution in [3.05, 3.63) is 16.5 Å². The molecule has 0 radical (unpaired) electrons. The monoisotopic (exact) mass is 276 g/mol. The standard InChI is InChI=1S/C11H18Cl2N4/c1-8(2)17(3)6-4-5-14-10-9(12)7-15-11(13)16-10/h7-8H,4-6H2,1-3H3,(H,14,15,16). The maximum Gasteiger partial charge on any atom is 0.224 e. The van der Waals surface area contributed by atoms with Crippen LogP contribution in [0.1, 0.15) is 20.3 Å². The number of halogens is 2. The Bertz CT molecular complexity index is 357. The molecule has 4 nitrogen and oxygen atoms in total. The van der Waals surface area contributed by atoms with E-state index in [0.29, 0.717) is 16.9 Å². The zero-order chi connectivity index (χ0) is 12.8. The van der Waals surface area contributed by atoms with Crippen molar-refractivity contribution in [2.75, 3.05) is 25.5 Å². The number of hydrogen-bond donors (Lipinski definition) is 1. The van der Waals surface area contributed by atoms with Gasteiger partial charge >= 0.3 is 0 Å². The van der Waals surface area contributed by atoms with Gasteiger partial charge in [0.15, 0.2) is 0 Å². The van der Waals surface area contributed by atoms with Gasteiger partial charge in [-0.2, -0.15) is 4.98 Å². The lowest BCUT2D eigenvalue weighted by atomic mass is 10.3. The SMILES string of the molecule is CC(C)N(C)CCCNc1nc(Cl)ncc1Cl. The maximum atomic E-state index is 5.93. The number of hydrogen-bond acceptors (Lipinski definition) is 4. The molecule has 0 aromatic carbocycles. The summed E-state index contributed by atoms with van der Waals surface area (Å²) in [7, 11) is 2.11. The third kappa shape index (κ3) is 5.06. The fourth-order valence-corrected chi connectivity index (χ4v) is 1.55. The molecule has 0 saturated carbocycles. The second-order valence-corrected chi connectivity index (χ2v) is 4.94. The van der Waals surface area contributed by atoms with Gasteiger partial charge in [-0.1, -0.05) is 11.6 Å². The number of aromatic nitrogens is 2. The molecular formula is C11H18Cl2N4. The molecule has 0 saturated heterocycles. The number of nitrogens with one attached hydrogen (secondary N) is 1. The smallest absolute Gasteiger partial charge is 0.224 e. The van der Waals surface area contributed by atoms with Crippen molar-refractivity contribution in [3.8, 4) is 0 Å². The molecule has 1 aromatic heterocycles. The van der Waals surface area contributed by atoms with Crippen molar-refractivity contribution in [1.29, 1.82) is 0 Å². The summed E-state index contributed by atoms with van der Waals surface area (Å²) in [5, 5.41) is 3.85. The highest BCUT2D eigenvalue weighted by molar-refractivity contribution is 6.33. The molecular weight excluding hydrogens is 259 g/mol. The Morgan fingerprint density at radius 2 is 2.12 bits per heavy atom. The first-order valence-corrected chi connectivity index (χ1v) is 6.38. The Hall–Kier alpha value is -0.580. The van der Waals surface area contributed by atoms with E-state index in [-0.39, 0.29) is 5.28 Å². The minimum Gasteiger partial charge on any atom is -0.369 e. The molecule has 0 unspecified atom stereocenters.